The molecule has 1 fully saturated rings. The molecular weight excluding hydrogens is 202 g/mol. The highest BCUT2D eigenvalue weighted by molar-refractivity contribution is 5.77. The Morgan fingerprint density at radius 2 is 2.12 bits per heavy atom. The number of hydrogen-bond donors (Lipinski definition) is 0. The molecule has 0 unspecified atom stereocenters. The fourth-order valence-corrected chi connectivity index (χ4v) is 1.98. The Hall–Kier alpha value is -1.45. The van der Waals surface area contributed by atoms with E-state index in [1.54, 1.807) is 13.1 Å². The number of piperidine rings is 1. The molecule has 0 amide bonds. The summed E-state index contributed by atoms with van der Waals surface area (Å²) in [6, 6.07) is 1.81. The lowest BCUT2D eigenvalue weighted by Crippen LogP contribution is -2.31. The monoisotopic (exact) mass is 219 g/mol. The van der Waals surface area contributed by atoms with Gasteiger partial charge in [-0.25, -0.2) is 9.97 Å². The van der Waals surface area contributed by atoms with Crippen molar-refractivity contribution < 1.29 is 4.79 Å². The number of nitrogens with zero attached hydrogens (tertiary/aromatic N) is 3. The van der Waals surface area contributed by atoms with Gasteiger partial charge in [0.05, 0.1) is 5.69 Å². The van der Waals surface area contributed by atoms with Crippen LogP contribution in [0.1, 0.15) is 31.9 Å². The van der Waals surface area contributed by atoms with E-state index in [-0.39, 0.29) is 5.78 Å². The molecule has 1 aromatic rings. The van der Waals surface area contributed by atoms with Gasteiger partial charge >= 0.3 is 0 Å². The van der Waals surface area contributed by atoms with Gasteiger partial charge in [0, 0.05) is 25.7 Å². The third-order valence-electron chi connectivity index (χ3n) is 2.77. The second kappa shape index (κ2) is 5.05. The normalized spacial score (nSPS) is 16.2. The summed E-state index contributed by atoms with van der Waals surface area (Å²) in [5, 5.41) is 0. The molecule has 16 heavy (non-hydrogen) atoms. The van der Waals surface area contributed by atoms with Gasteiger partial charge in [0.2, 0.25) is 5.95 Å². The Morgan fingerprint density at radius 3 is 2.81 bits per heavy atom. The van der Waals surface area contributed by atoms with Gasteiger partial charge in [-0.2, -0.15) is 0 Å². The minimum atomic E-state index is 0.142. The van der Waals surface area contributed by atoms with E-state index < -0.39 is 0 Å². The maximum Gasteiger partial charge on any atom is 0.225 e. The quantitative estimate of drug-likeness (QED) is 0.774. The van der Waals surface area contributed by atoms with Crippen LogP contribution in [0.5, 0.6) is 0 Å². The highest BCUT2D eigenvalue weighted by Gasteiger charge is 2.13. The average Bonchev–Trinajstić information content (AvgIpc) is 2.30. The van der Waals surface area contributed by atoms with Crippen LogP contribution >= 0.6 is 0 Å². The molecule has 1 aromatic heterocycles. The molecule has 0 atom stereocenters. The summed E-state index contributed by atoms with van der Waals surface area (Å²) < 4.78 is 0. The number of carbonyl (C=O) groups is 1. The van der Waals surface area contributed by atoms with Crippen LogP contribution in [0.3, 0.4) is 0 Å². The fraction of sp³-hybridized carbons (Fsp3) is 0.583. The van der Waals surface area contributed by atoms with Crippen LogP contribution < -0.4 is 4.90 Å². The molecule has 0 aliphatic carbocycles. The topological polar surface area (TPSA) is 46.1 Å². The SMILES string of the molecule is CC(=O)Cc1ccnc(N2CCCCC2)n1. The number of rotatable bonds is 3. The van der Waals surface area contributed by atoms with Crippen LogP contribution in [0, 0.1) is 0 Å². The van der Waals surface area contributed by atoms with E-state index in [1.165, 1.54) is 19.3 Å². The van der Waals surface area contributed by atoms with Gasteiger partial charge < -0.3 is 4.90 Å². The summed E-state index contributed by atoms with van der Waals surface area (Å²) in [6.45, 7) is 3.65. The molecule has 1 saturated heterocycles. The molecule has 0 aromatic carbocycles. The van der Waals surface area contributed by atoms with Gasteiger partial charge in [0.25, 0.3) is 0 Å². The van der Waals surface area contributed by atoms with Crippen molar-refractivity contribution in [2.75, 3.05) is 18.0 Å². The number of carbonyl (C=O) groups excluding carboxylic acids is 1. The van der Waals surface area contributed by atoms with Gasteiger partial charge in [-0.3, -0.25) is 4.79 Å². The zero-order valence-corrected chi connectivity index (χ0v) is 9.65. The summed E-state index contributed by atoms with van der Waals surface area (Å²) in [7, 11) is 0. The number of hydrogen-bond acceptors (Lipinski definition) is 4. The lowest BCUT2D eigenvalue weighted by molar-refractivity contribution is -0.116. The lowest BCUT2D eigenvalue weighted by Gasteiger charge is -2.26. The van der Waals surface area contributed by atoms with Crippen LogP contribution in [0.2, 0.25) is 0 Å². The van der Waals surface area contributed by atoms with Crippen LogP contribution in [-0.2, 0) is 11.2 Å². The number of anilines is 1. The van der Waals surface area contributed by atoms with E-state index in [4.69, 9.17) is 0 Å². The molecule has 2 rings (SSSR count). The first-order valence-corrected chi connectivity index (χ1v) is 5.82. The highest BCUT2D eigenvalue weighted by atomic mass is 16.1. The van der Waals surface area contributed by atoms with Crippen molar-refractivity contribution in [3.63, 3.8) is 0 Å². The van der Waals surface area contributed by atoms with E-state index in [9.17, 15) is 4.79 Å². The van der Waals surface area contributed by atoms with E-state index in [1.807, 2.05) is 6.07 Å². The standard InChI is InChI=1S/C12H17N3O/c1-10(16)9-11-5-6-13-12(14-11)15-7-3-2-4-8-15/h5-6H,2-4,7-9H2,1H3. The third-order valence-corrected chi connectivity index (χ3v) is 2.77. The molecule has 86 valence electrons. The Morgan fingerprint density at radius 1 is 1.38 bits per heavy atom. The summed E-state index contributed by atoms with van der Waals surface area (Å²) in [4.78, 5) is 21.9. The second-order valence-electron chi connectivity index (χ2n) is 4.27. The molecule has 0 spiro atoms. The van der Waals surface area contributed by atoms with E-state index in [2.05, 4.69) is 14.9 Å². The lowest BCUT2D eigenvalue weighted by atomic mass is 10.1. The summed E-state index contributed by atoms with van der Waals surface area (Å²) in [5.74, 6) is 0.918. The van der Waals surface area contributed by atoms with Gasteiger partial charge in [0.1, 0.15) is 5.78 Å². The van der Waals surface area contributed by atoms with Crippen molar-refractivity contribution in [1.82, 2.24) is 9.97 Å². The van der Waals surface area contributed by atoms with Crippen LogP contribution in [-0.4, -0.2) is 28.8 Å². The van der Waals surface area contributed by atoms with Gasteiger partial charge in [-0.1, -0.05) is 0 Å². The number of ketones is 1. The van der Waals surface area contributed by atoms with Crippen LogP contribution in [0.25, 0.3) is 0 Å². The summed E-state index contributed by atoms with van der Waals surface area (Å²) >= 11 is 0. The first-order chi connectivity index (χ1) is 7.75. The van der Waals surface area contributed by atoms with E-state index >= 15 is 0 Å². The van der Waals surface area contributed by atoms with Crippen LogP contribution in [0.15, 0.2) is 12.3 Å². The molecule has 0 N–H and O–H groups in total. The highest BCUT2D eigenvalue weighted by Crippen LogP contribution is 2.15. The molecule has 4 nitrogen and oxygen atoms in total. The second-order valence-corrected chi connectivity index (χ2v) is 4.27. The Bertz CT molecular complexity index is 372. The Kier molecular flexibility index (Phi) is 3.49. The first kappa shape index (κ1) is 11.0. The zero-order valence-electron chi connectivity index (χ0n) is 9.65. The summed E-state index contributed by atoms with van der Waals surface area (Å²) in [5.41, 5.74) is 0.822. The van der Waals surface area contributed by atoms with Crippen LogP contribution in [0.4, 0.5) is 5.95 Å². The molecule has 2 heterocycles. The molecule has 0 radical (unpaired) electrons. The molecule has 1 aliphatic heterocycles. The molecule has 4 heteroatoms. The molecule has 1 aliphatic rings. The average molecular weight is 219 g/mol. The van der Waals surface area contributed by atoms with Crippen molar-refractivity contribution in [2.45, 2.75) is 32.6 Å². The molecular formula is C12H17N3O. The first-order valence-electron chi connectivity index (χ1n) is 5.82. The van der Waals surface area contributed by atoms with Crippen molar-refractivity contribution >= 4 is 11.7 Å². The third kappa shape index (κ3) is 2.78. The molecule has 0 saturated carbocycles. The molecule has 0 bridgehead atoms. The van der Waals surface area contributed by atoms with Gasteiger partial charge in [-0.05, 0) is 32.3 Å². The van der Waals surface area contributed by atoms with Gasteiger partial charge in [-0.15, -0.1) is 0 Å². The minimum Gasteiger partial charge on any atom is -0.341 e. The fourth-order valence-electron chi connectivity index (χ4n) is 1.98. The Balaban J connectivity index is 2.11. The maximum atomic E-state index is 11.0. The van der Waals surface area contributed by atoms with Gasteiger partial charge in [0.15, 0.2) is 0 Å². The minimum absolute atomic E-state index is 0.142. The zero-order chi connectivity index (χ0) is 11.4. The largest absolute Gasteiger partial charge is 0.341 e. The van der Waals surface area contributed by atoms with Crippen molar-refractivity contribution in [2.24, 2.45) is 0 Å². The predicted octanol–water partition coefficient (Wildman–Crippen LogP) is 1.60. The predicted molar refractivity (Wildman–Crippen MR) is 62.5 cm³/mol. The van der Waals surface area contributed by atoms with E-state index in [0.29, 0.717) is 6.42 Å². The van der Waals surface area contributed by atoms with E-state index in [0.717, 1.165) is 24.7 Å². The smallest absolute Gasteiger partial charge is 0.225 e. The van der Waals surface area contributed by atoms with Crippen molar-refractivity contribution in [3.05, 3.63) is 18.0 Å². The Labute approximate surface area is 95.7 Å². The van der Waals surface area contributed by atoms with Crippen molar-refractivity contribution in [1.29, 1.82) is 0 Å². The maximum absolute atomic E-state index is 11.0. The number of aromatic nitrogens is 2. The van der Waals surface area contributed by atoms with Crippen molar-refractivity contribution in [3.8, 4) is 0 Å². The summed E-state index contributed by atoms with van der Waals surface area (Å²) in [6.07, 6.45) is 5.86. The number of Topliss-reactive ketones (excluding diaryl/α,β-unsaturated/α-hetero) is 1.